The van der Waals surface area contributed by atoms with E-state index < -0.39 is 0 Å². The van der Waals surface area contributed by atoms with Crippen molar-refractivity contribution >= 4 is 17.7 Å². The van der Waals surface area contributed by atoms with Crippen LogP contribution in [-0.2, 0) is 0 Å². The number of hydrogen-bond acceptors (Lipinski definition) is 2. The molecular weight excluding hydrogens is 230 g/mol. The molecule has 0 aliphatic heterocycles. The molecule has 3 nitrogen and oxygen atoms in total. The molecule has 0 aromatic carbocycles. The van der Waals surface area contributed by atoms with E-state index in [0.717, 1.165) is 6.54 Å². The Morgan fingerprint density at radius 3 is 2.53 bits per heavy atom. The van der Waals surface area contributed by atoms with Crippen LogP contribution >= 0.6 is 11.8 Å². The minimum atomic E-state index is 0.377. The van der Waals surface area contributed by atoms with Crippen LogP contribution in [0.2, 0.25) is 0 Å². The minimum Gasteiger partial charge on any atom is -0.370 e. The van der Waals surface area contributed by atoms with Crippen molar-refractivity contribution in [3.8, 4) is 0 Å². The molecule has 0 unspecified atom stereocenters. The zero-order valence-corrected chi connectivity index (χ0v) is 11.7. The van der Waals surface area contributed by atoms with E-state index in [-0.39, 0.29) is 0 Å². The molecule has 17 heavy (non-hydrogen) atoms. The Labute approximate surface area is 109 Å². The molecule has 0 aromatic heterocycles. The number of thioether (sulfide) groups is 1. The first kappa shape index (κ1) is 13.1. The van der Waals surface area contributed by atoms with E-state index in [9.17, 15) is 0 Å². The van der Waals surface area contributed by atoms with Crippen LogP contribution in [0.4, 0.5) is 0 Å². The zero-order chi connectivity index (χ0) is 12.1. The van der Waals surface area contributed by atoms with Gasteiger partial charge in [0.1, 0.15) is 0 Å². The molecule has 0 atom stereocenters. The van der Waals surface area contributed by atoms with Crippen LogP contribution in [0.1, 0.15) is 51.4 Å². The molecule has 2 aliphatic rings. The van der Waals surface area contributed by atoms with Gasteiger partial charge in [-0.3, -0.25) is 4.99 Å². The minimum absolute atomic E-state index is 0.377. The van der Waals surface area contributed by atoms with E-state index in [4.69, 9.17) is 5.73 Å². The fourth-order valence-electron chi connectivity index (χ4n) is 3.00. The van der Waals surface area contributed by atoms with Gasteiger partial charge >= 0.3 is 0 Å². The smallest absolute Gasteiger partial charge is 0.188 e. The van der Waals surface area contributed by atoms with Gasteiger partial charge in [-0.2, -0.15) is 11.8 Å². The Hall–Kier alpha value is -0.380. The molecule has 0 saturated heterocycles. The van der Waals surface area contributed by atoms with Crippen molar-refractivity contribution in [2.45, 2.75) is 62.2 Å². The van der Waals surface area contributed by atoms with Crippen LogP contribution in [0, 0.1) is 0 Å². The number of rotatable bonds is 4. The summed E-state index contributed by atoms with van der Waals surface area (Å²) in [6.45, 7) is 0.889. The molecule has 2 saturated carbocycles. The van der Waals surface area contributed by atoms with E-state index in [0.29, 0.717) is 16.7 Å². The highest BCUT2D eigenvalue weighted by molar-refractivity contribution is 8.00. The molecule has 2 aliphatic carbocycles. The molecule has 0 spiro atoms. The molecule has 2 rings (SSSR count). The van der Waals surface area contributed by atoms with Crippen LogP contribution in [-0.4, -0.2) is 29.5 Å². The first-order valence-electron chi connectivity index (χ1n) is 6.86. The van der Waals surface area contributed by atoms with Crippen molar-refractivity contribution in [3.63, 3.8) is 0 Å². The number of hydrogen-bond donors (Lipinski definition) is 2. The van der Waals surface area contributed by atoms with E-state index in [2.05, 4.69) is 16.6 Å². The molecule has 3 N–H and O–H groups in total. The van der Waals surface area contributed by atoms with Gasteiger partial charge in [-0.05, 0) is 31.9 Å². The van der Waals surface area contributed by atoms with Crippen molar-refractivity contribution in [2.24, 2.45) is 10.7 Å². The molecule has 98 valence electrons. The number of aliphatic imine (C=N–C) groups is 1. The molecule has 4 heteroatoms. The third-order valence-corrected chi connectivity index (χ3v) is 5.60. The van der Waals surface area contributed by atoms with Crippen molar-refractivity contribution in [2.75, 3.05) is 12.8 Å². The highest BCUT2D eigenvalue weighted by Gasteiger charge is 2.32. The van der Waals surface area contributed by atoms with Gasteiger partial charge in [0.05, 0.1) is 6.54 Å². The predicted octanol–water partition coefficient (Wildman–Crippen LogP) is 2.51. The largest absolute Gasteiger partial charge is 0.370 e. The van der Waals surface area contributed by atoms with Crippen molar-refractivity contribution in [3.05, 3.63) is 0 Å². The van der Waals surface area contributed by atoms with Crippen molar-refractivity contribution in [1.82, 2.24) is 5.32 Å². The average molecular weight is 255 g/mol. The van der Waals surface area contributed by atoms with Crippen LogP contribution in [0.3, 0.4) is 0 Å². The van der Waals surface area contributed by atoms with Crippen LogP contribution in [0.15, 0.2) is 4.99 Å². The van der Waals surface area contributed by atoms with Gasteiger partial charge in [0.15, 0.2) is 5.96 Å². The van der Waals surface area contributed by atoms with Gasteiger partial charge in [-0.25, -0.2) is 0 Å². The lowest BCUT2D eigenvalue weighted by Gasteiger charge is -2.24. The van der Waals surface area contributed by atoms with Gasteiger partial charge in [-0.15, -0.1) is 0 Å². The summed E-state index contributed by atoms with van der Waals surface area (Å²) in [6, 6.07) is 0.576. The lowest BCUT2D eigenvalue weighted by atomic mass is 10.1. The topological polar surface area (TPSA) is 50.4 Å². The van der Waals surface area contributed by atoms with E-state index >= 15 is 0 Å². The third-order valence-electron chi connectivity index (χ3n) is 4.19. The highest BCUT2D eigenvalue weighted by atomic mass is 32.2. The molecule has 0 heterocycles. The van der Waals surface area contributed by atoms with Crippen LogP contribution < -0.4 is 11.1 Å². The average Bonchev–Trinajstić information content (AvgIpc) is 2.98. The van der Waals surface area contributed by atoms with E-state index in [1.807, 2.05) is 11.8 Å². The van der Waals surface area contributed by atoms with Crippen molar-refractivity contribution in [1.29, 1.82) is 0 Å². The predicted molar refractivity (Wildman–Crippen MR) is 76.6 cm³/mol. The Bertz CT molecular complexity index is 266. The normalized spacial score (nSPS) is 25.4. The molecule has 0 amide bonds. The SMILES string of the molecule is CSC1(CN=C(N)NC2CCCC2)CCCC1. The lowest BCUT2D eigenvalue weighted by molar-refractivity contribution is 0.603. The number of guanidine groups is 1. The first-order valence-corrected chi connectivity index (χ1v) is 8.08. The number of nitrogens with one attached hydrogen (secondary N) is 1. The molecule has 0 radical (unpaired) electrons. The van der Waals surface area contributed by atoms with E-state index in [1.54, 1.807) is 0 Å². The fourth-order valence-corrected chi connectivity index (χ4v) is 3.89. The molecule has 2 fully saturated rings. The maximum Gasteiger partial charge on any atom is 0.188 e. The quantitative estimate of drug-likeness (QED) is 0.599. The summed E-state index contributed by atoms with van der Waals surface area (Å²) in [5.74, 6) is 0.664. The fraction of sp³-hybridized carbons (Fsp3) is 0.923. The molecule has 0 aromatic rings. The molecule has 0 bridgehead atoms. The second-order valence-corrected chi connectivity index (χ2v) is 6.70. The standard InChI is InChI=1S/C13H25N3S/c1-17-13(8-4-5-9-13)10-15-12(14)16-11-6-2-3-7-11/h11H,2-10H2,1H3,(H3,14,15,16). The van der Waals surface area contributed by atoms with Crippen LogP contribution in [0.5, 0.6) is 0 Å². The van der Waals surface area contributed by atoms with Gasteiger partial charge in [0, 0.05) is 10.8 Å². The van der Waals surface area contributed by atoms with Gasteiger partial charge in [0.25, 0.3) is 0 Å². The summed E-state index contributed by atoms with van der Waals surface area (Å²) >= 11 is 1.97. The summed E-state index contributed by atoms with van der Waals surface area (Å²) in [7, 11) is 0. The second kappa shape index (κ2) is 5.98. The Morgan fingerprint density at radius 1 is 1.29 bits per heavy atom. The maximum atomic E-state index is 5.97. The summed E-state index contributed by atoms with van der Waals surface area (Å²) < 4.78 is 0.377. The summed E-state index contributed by atoms with van der Waals surface area (Å²) in [5.41, 5.74) is 5.97. The molecular formula is C13H25N3S. The first-order chi connectivity index (χ1) is 8.24. The second-order valence-electron chi connectivity index (χ2n) is 5.42. The van der Waals surface area contributed by atoms with Crippen LogP contribution in [0.25, 0.3) is 0 Å². The number of nitrogens with two attached hydrogens (primary N) is 1. The maximum absolute atomic E-state index is 5.97. The highest BCUT2D eigenvalue weighted by Crippen LogP contribution is 2.40. The number of nitrogens with zero attached hydrogens (tertiary/aromatic N) is 1. The monoisotopic (exact) mass is 255 g/mol. The third kappa shape index (κ3) is 3.54. The Kier molecular flexibility index (Phi) is 4.60. The summed E-state index contributed by atoms with van der Waals surface area (Å²) in [4.78, 5) is 4.58. The van der Waals surface area contributed by atoms with E-state index in [1.165, 1.54) is 51.4 Å². The Morgan fingerprint density at radius 2 is 1.94 bits per heavy atom. The summed E-state index contributed by atoms with van der Waals surface area (Å²) in [5, 5.41) is 3.36. The van der Waals surface area contributed by atoms with Gasteiger partial charge in [-0.1, -0.05) is 25.7 Å². The van der Waals surface area contributed by atoms with Crippen molar-refractivity contribution < 1.29 is 0 Å². The summed E-state index contributed by atoms with van der Waals surface area (Å²) in [6.07, 6.45) is 12.7. The lowest BCUT2D eigenvalue weighted by Crippen LogP contribution is -2.39. The zero-order valence-electron chi connectivity index (χ0n) is 10.9. The van der Waals surface area contributed by atoms with Gasteiger partial charge in [0.2, 0.25) is 0 Å². The van der Waals surface area contributed by atoms with Gasteiger partial charge < -0.3 is 11.1 Å². The Balaban J connectivity index is 1.81.